The fourth-order valence-corrected chi connectivity index (χ4v) is 6.70. The molecule has 4 aromatic carbocycles. The second-order valence-corrected chi connectivity index (χ2v) is 12.6. The largest absolute Gasteiger partial charge is 0.395 e. The molecule has 9 heteroatoms. The van der Waals surface area contributed by atoms with E-state index in [0.29, 0.717) is 18.5 Å². The topological polar surface area (TPSA) is 117 Å². The zero-order valence-electron chi connectivity index (χ0n) is 26.7. The summed E-state index contributed by atoms with van der Waals surface area (Å²) in [5.41, 5.74) is 7.52. The highest BCUT2D eigenvalue weighted by atomic mass is 16.7. The van der Waals surface area contributed by atoms with Gasteiger partial charge in [-0.3, -0.25) is 14.7 Å². The first-order valence-corrected chi connectivity index (χ1v) is 16.6. The Morgan fingerprint density at radius 3 is 2.46 bits per heavy atom. The van der Waals surface area contributed by atoms with Gasteiger partial charge in [-0.05, 0) is 71.5 Å². The number of aliphatic hydroxyl groups excluding tert-OH is 2. The van der Waals surface area contributed by atoms with E-state index in [1.807, 2.05) is 72.8 Å². The van der Waals surface area contributed by atoms with Gasteiger partial charge in [0.15, 0.2) is 6.29 Å². The molecule has 1 aromatic heterocycles. The number of hydrogen-bond donors (Lipinski definition) is 3. The minimum Gasteiger partial charge on any atom is -0.395 e. The third kappa shape index (κ3) is 7.31. The van der Waals surface area contributed by atoms with E-state index in [-0.39, 0.29) is 43.1 Å². The second-order valence-electron chi connectivity index (χ2n) is 12.6. The zero-order valence-corrected chi connectivity index (χ0v) is 26.7. The SMILES string of the molecule is O=C(NCc1cccc(-c2cccc([C@H]3O[C@@H](CN4CCC[C@H]4CO)C[C@@H](c4ccc(CO)cc4)O3)c2)c1)c1cnc2ccccc2n1. The Morgan fingerprint density at radius 2 is 1.65 bits per heavy atom. The Balaban J connectivity index is 1.08. The molecule has 2 saturated heterocycles. The van der Waals surface area contributed by atoms with Gasteiger partial charge in [-0.15, -0.1) is 0 Å². The molecule has 9 nitrogen and oxygen atoms in total. The molecule has 0 bridgehead atoms. The molecule has 5 aromatic rings. The van der Waals surface area contributed by atoms with Crippen LogP contribution in [0.1, 0.15) is 64.4 Å². The highest BCUT2D eigenvalue weighted by Gasteiger charge is 2.35. The maximum Gasteiger partial charge on any atom is 0.271 e. The highest BCUT2D eigenvalue weighted by molar-refractivity contribution is 5.93. The molecule has 3 N–H and O–H groups in total. The molecule has 3 heterocycles. The molecule has 0 spiro atoms. The van der Waals surface area contributed by atoms with Gasteiger partial charge in [0.1, 0.15) is 5.69 Å². The number of benzene rings is 4. The smallest absolute Gasteiger partial charge is 0.271 e. The standard InChI is InChI=1S/C39H40N4O5/c44-24-26-13-15-28(16-14-26)37-20-33(23-43-17-5-10-32(43)25-45)47-39(48-37)31-9-4-8-30(19-31)29-7-3-6-27(18-29)21-41-38(46)36-22-40-34-11-1-2-12-35(34)42-36/h1-4,6-9,11-16,18-19,22,32-33,37,39,44-45H,5,10,17,20-21,23-25H2,(H,41,46)/t32-,33+,37-,39-/m0/s1. The van der Waals surface area contributed by atoms with E-state index >= 15 is 0 Å². The van der Waals surface area contributed by atoms with E-state index in [9.17, 15) is 15.0 Å². The van der Waals surface area contributed by atoms with E-state index < -0.39 is 6.29 Å². The van der Waals surface area contributed by atoms with Crippen LogP contribution in [0.5, 0.6) is 0 Å². The summed E-state index contributed by atoms with van der Waals surface area (Å²) in [5, 5.41) is 22.5. The first-order valence-electron chi connectivity index (χ1n) is 16.6. The molecule has 7 rings (SSSR count). The lowest BCUT2D eigenvalue weighted by Gasteiger charge is -2.38. The number of para-hydroxylation sites is 2. The normalized spacial score (nSPS) is 21.4. The Morgan fingerprint density at radius 1 is 0.854 bits per heavy atom. The molecule has 2 aliphatic rings. The molecule has 1 amide bonds. The van der Waals surface area contributed by atoms with Gasteiger partial charge in [0.25, 0.3) is 5.91 Å². The number of rotatable bonds is 10. The minimum absolute atomic E-state index is 0.00280. The van der Waals surface area contributed by atoms with Crippen molar-refractivity contribution in [2.24, 2.45) is 0 Å². The summed E-state index contributed by atoms with van der Waals surface area (Å²) in [5.74, 6) is -0.276. The Labute approximate surface area is 280 Å². The van der Waals surface area contributed by atoms with Crippen molar-refractivity contribution in [3.63, 3.8) is 0 Å². The second kappa shape index (κ2) is 14.7. The third-order valence-corrected chi connectivity index (χ3v) is 9.32. The number of fused-ring (bicyclic) bond motifs is 1. The van der Waals surface area contributed by atoms with E-state index in [1.54, 1.807) is 0 Å². The molecular formula is C39H40N4O5. The molecule has 2 aliphatic heterocycles. The monoisotopic (exact) mass is 644 g/mol. The van der Waals surface area contributed by atoms with Crippen molar-refractivity contribution in [1.29, 1.82) is 0 Å². The number of amides is 1. The Hall–Kier alpha value is -4.51. The van der Waals surface area contributed by atoms with Crippen LogP contribution in [0, 0.1) is 0 Å². The minimum atomic E-state index is -0.577. The lowest BCUT2D eigenvalue weighted by atomic mass is 9.98. The van der Waals surface area contributed by atoms with Gasteiger partial charge < -0.3 is 25.0 Å². The van der Waals surface area contributed by atoms with Crippen LogP contribution in [0.2, 0.25) is 0 Å². The summed E-state index contributed by atoms with van der Waals surface area (Å²) in [6, 6.07) is 31.9. The number of aliphatic hydroxyl groups is 2. The van der Waals surface area contributed by atoms with Crippen LogP contribution in [-0.4, -0.2) is 62.8 Å². The number of hydrogen-bond acceptors (Lipinski definition) is 8. The van der Waals surface area contributed by atoms with Gasteiger partial charge in [-0.1, -0.05) is 72.8 Å². The number of carbonyl (C=O) groups is 1. The first kappa shape index (κ1) is 32.1. The van der Waals surface area contributed by atoms with Crippen LogP contribution in [0.15, 0.2) is 103 Å². The van der Waals surface area contributed by atoms with Gasteiger partial charge >= 0.3 is 0 Å². The van der Waals surface area contributed by atoms with Crippen molar-refractivity contribution in [1.82, 2.24) is 20.2 Å². The van der Waals surface area contributed by atoms with Crippen molar-refractivity contribution < 1.29 is 24.5 Å². The van der Waals surface area contributed by atoms with Gasteiger partial charge in [0.05, 0.1) is 42.7 Å². The Kier molecular flexibility index (Phi) is 9.83. The number of nitrogens with one attached hydrogen (secondary N) is 1. The average Bonchev–Trinajstić information content (AvgIpc) is 3.60. The molecule has 0 unspecified atom stereocenters. The molecule has 48 heavy (non-hydrogen) atoms. The fraction of sp³-hybridized carbons (Fsp3) is 0.308. The maximum atomic E-state index is 12.9. The molecular weight excluding hydrogens is 604 g/mol. The number of nitrogens with zero attached hydrogens (tertiary/aromatic N) is 3. The maximum absolute atomic E-state index is 12.9. The summed E-state index contributed by atoms with van der Waals surface area (Å²) in [6.07, 6.45) is 3.43. The van der Waals surface area contributed by atoms with Gasteiger partial charge in [0.2, 0.25) is 0 Å². The summed E-state index contributed by atoms with van der Waals surface area (Å²) in [4.78, 5) is 24.1. The van der Waals surface area contributed by atoms with Gasteiger partial charge in [0, 0.05) is 31.1 Å². The summed E-state index contributed by atoms with van der Waals surface area (Å²) in [7, 11) is 0. The molecule has 4 atom stereocenters. The van der Waals surface area contributed by atoms with Crippen LogP contribution in [0.3, 0.4) is 0 Å². The van der Waals surface area contributed by atoms with Crippen molar-refractivity contribution in [2.45, 2.75) is 57.0 Å². The zero-order chi connectivity index (χ0) is 32.9. The van der Waals surface area contributed by atoms with Crippen LogP contribution < -0.4 is 5.32 Å². The van der Waals surface area contributed by atoms with E-state index in [4.69, 9.17) is 9.47 Å². The van der Waals surface area contributed by atoms with Crippen molar-refractivity contribution in [2.75, 3.05) is 19.7 Å². The molecule has 2 fully saturated rings. The summed E-state index contributed by atoms with van der Waals surface area (Å²) in [6.45, 7) is 2.18. The van der Waals surface area contributed by atoms with Gasteiger partial charge in [-0.2, -0.15) is 0 Å². The van der Waals surface area contributed by atoms with Crippen LogP contribution in [0.25, 0.3) is 22.2 Å². The first-order chi connectivity index (χ1) is 23.6. The summed E-state index contributed by atoms with van der Waals surface area (Å²) >= 11 is 0. The molecule has 0 radical (unpaired) electrons. The number of aromatic nitrogens is 2. The molecule has 246 valence electrons. The van der Waals surface area contributed by atoms with Crippen molar-refractivity contribution >= 4 is 16.9 Å². The molecule has 0 aliphatic carbocycles. The van der Waals surface area contributed by atoms with Crippen molar-refractivity contribution in [3.05, 3.63) is 131 Å². The van der Waals surface area contributed by atoms with Crippen LogP contribution >= 0.6 is 0 Å². The molecule has 0 saturated carbocycles. The number of ether oxygens (including phenoxy) is 2. The fourth-order valence-electron chi connectivity index (χ4n) is 6.70. The van der Waals surface area contributed by atoms with Crippen LogP contribution in [0.4, 0.5) is 0 Å². The summed E-state index contributed by atoms with van der Waals surface area (Å²) < 4.78 is 13.2. The number of likely N-dealkylation sites (tertiary alicyclic amines) is 1. The van der Waals surface area contributed by atoms with Gasteiger partial charge in [-0.25, -0.2) is 4.98 Å². The van der Waals surface area contributed by atoms with Crippen molar-refractivity contribution in [3.8, 4) is 11.1 Å². The third-order valence-electron chi connectivity index (χ3n) is 9.32. The Bertz CT molecular complexity index is 1870. The lowest BCUT2D eigenvalue weighted by Crippen LogP contribution is -2.42. The predicted molar refractivity (Wildman–Crippen MR) is 183 cm³/mol. The van der Waals surface area contributed by atoms with E-state index in [1.165, 1.54) is 6.20 Å². The highest BCUT2D eigenvalue weighted by Crippen LogP contribution is 2.39. The lowest BCUT2D eigenvalue weighted by molar-refractivity contribution is -0.253. The van der Waals surface area contributed by atoms with Crippen LogP contribution in [-0.2, 0) is 22.6 Å². The predicted octanol–water partition coefficient (Wildman–Crippen LogP) is 5.72. The average molecular weight is 645 g/mol. The number of carbonyl (C=O) groups excluding carboxylic acids is 1. The van der Waals surface area contributed by atoms with E-state index in [0.717, 1.165) is 64.8 Å². The van der Waals surface area contributed by atoms with E-state index in [2.05, 4.69) is 44.5 Å². The quantitative estimate of drug-likeness (QED) is 0.177.